The topological polar surface area (TPSA) is 66.0 Å². The number of nitrogens with zero attached hydrogens (tertiary/aromatic N) is 3. The third kappa shape index (κ3) is 5.25. The maximum Gasteiger partial charge on any atom is 0.240 e. The summed E-state index contributed by atoms with van der Waals surface area (Å²) in [5, 5.41) is 10.1. The van der Waals surface area contributed by atoms with Crippen LogP contribution in [0.4, 0.5) is 0 Å². The Bertz CT molecular complexity index is 768. The molecule has 0 aliphatic rings. The van der Waals surface area contributed by atoms with E-state index in [1.807, 2.05) is 31.2 Å². The lowest BCUT2D eigenvalue weighted by Gasteiger charge is -2.30. The number of rotatable bonds is 8. The minimum absolute atomic E-state index is 0.0664. The minimum atomic E-state index is -0.0664. The predicted octanol–water partition coefficient (Wildman–Crippen LogP) is 3.15. The van der Waals surface area contributed by atoms with Crippen molar-refractivity contribution in [1.29, 1.82) is 0 Å². The average molecular weight is 376 g/mol. The highest BCUT2D eigenvalue weighted by molar-refractivity contribution is 7.71. The Balaban J connectivity index is 2.00. The molecule has 1 amide bonds. The van der Waals surface area contributed by atoms with Crippen molar-refractivity contribution in [2.24, 2.45) is 0 Å². The standard InChI is InChI=1S/C19H29N5OS/c1-13(2)23(14(3)4)11-10-20-17(25)12-24-18(21-22-19(24)26)16-8-6-15(5)7-9-16/h6-9,13-14H,10-12H2,1-5H3,(H,20,25)(H,22,26). The van der Waals surface area contributed by atoms with Crippen molar-refractivity contribution in [3.63, 3.8) is 0 Å². The second-order valence-corrected chi connectivity index (χ2v) is 7.47. The molecule has 142 valence electrons. The van der Waals surface area contributed by atoms with Crippen LogP contribution in [-0.2, 0) is 11.3 Å². The number of nitrogens with one attached hydrogen (secondary N) is 2. The van der Waals surface area contributed by atoms with Gasteiger partial charge >= 0.3 is 0 Å². The van der Waals surface area contributed by atoms with Crippen LogP contribution >= 0.6 is 12.2 Å². The summed E-state index contributed by atoms with van der Waals surface area (Å²) < 4.78 is 2.18. The molecule has 0 radical (unpaired) electrons. The molecule has 0 saturated carbocycles. The van der Waals surface area contributed by atoms with E-state index in [1.54, 1.807) is 4.57 Å². The molecule has 0 unspecified atom stereocenters. The summed E-state index contributed by atoms with van der Waals surface area (Å²) in [6.45, 7) is 12.3. The Hall–Kier alpha value is -1.99. The number of aryl methyl sites for hydroxylation is 1. The highest BCUT2D eigenvalue weighted by Crippen LogP contribution is 2.17. The maximum atomic E-state index is 12.4. The van der Waals surface area contributed by atoms with Crippen LogP contribution in [-0.4, -0.2) is 50.7 Å². The Morgan fingerprint density at radius 3 is 2.42 bits per heavy atom. The molecule has 0 aliphatic heterocycles. The summed E-state index contributed by atoms with van der Waals surface area (Å²) in [7, 11) is 0. The Labute approximate surface area is 160 Å². The van der Waals surface area contributed by atoms with E-state index in [9.17, 15) is 4.79 Å². The number of benzene rings is 1. The van der Waals surface area contributed by atoms with E-state index in [2.05, 4.69) is 48.1 Å². The van der Waals surface area contributed by atoms with Crippen molar-refractivity contribution in [2.45, 2.75) is 53.2 Å². The second kappa shape index (κ2) is 9.09. The average Bonchev–Trinajstić information content (AvgIpc) is 2.92. The molecule has 0 fully saturated rings. The summed E-state index contributed by atoms with van der Waals surface area (Å²) >= 11 is 5.30. The zero-order valence-corrected chi connectivity index (χ0v) is 17.1. The molecule has 0 aliphatic carbocycles. The molecule has 2 rings (SSSR count). The third-order valence-electron chi connectivity index (χ3n) is 4.39. The summed E-state index contributed by atoms with van der Waals surface area (Å²) in [6, 6.07) is 8.90. The molecule has 6 nitrogen and oxygen atoms in total. The van der Waals surface area contributed by atoms with Crippen LogP contribution in [0.25, 0.3) is 11.4 Å². The van der Waals surface area contributed by atoms with E-state index < -0.39 is 0 Å². The number of carbonyl (C=O) groups excluding carboxylic acids is 1. The zero-order valence-electron chi connectivity index (χ0n) is 16.2. The van der Waals surface area contributed by atoms with Crippen LogP contribution in [0.15, 0.2) is 24.3 Å². The first-order valence-electron chi connectivity index (χ1n) is 9.04. The molecule has 1 aromatic heterocycles. The normalized spacial score (nSPS) is 11.5. The van der Waals surface area contributed by atoms with Gasteiger partial charge in [-0.3, -0.25) is 19.4 Å². The van der Waals surface area contributed by atoms with Gasteiger partial charge in [0.1, 0.15) is 6.54 Å². The van der Waals surface area contributed by atoms with Gasteiger partial charge in [0.05, 0.1) is 0 Å². The van der Waals surface area contributed by atoms with Gasteiger partial charge in [0.2, 0.25) is 5.91 Å². The van der Waals surface area contributed by atoms with E-state index in [-0.39, 0.29) is 12.5 Å². The van der Waals surface area contributed by atoms with Crippen molar-refractivity contribution in [3.05, 3.63) is 34.6 Å². The number of hydrogen-bond donors (Lipinski definition) is 2. The lowest BCUT2D eigenvalue weighted by molar-refractivity contribution is -0.121. The first-order chi connectivity index (χ1) is 12.3. The smallest absolute Gasteiger partial charge is 0.240 e. The third-order valence-corrected chi connectivity index (χ3v) is 4.70. The highest BCUT2D eigenvalue weighted by atomic mass is 32.1. The van der Waals surface area contributed by atoms with Crippen LogP contribution in [0.2, 0.25) is 0 Å². The minimum Gasteiger partial charge on any atom is -0.353 e. The molecule has 0 spiro atoms. The lowest BCUT2D eigenvalue weighted by Crippen LogP contribution is -2.43. The number of aromatic nitrogens is 3. The molecule has 2 N–H and O–H groups in total. The van der Waals surface area contributed by atoms with Crippen molar-refractivity contribution in [3.8, 4) is 11.4 Å². The van der Waals surface area contributed by atoms with E-state index in [0.717, 1.165) is 12.1 Å². The van der Waals surface area contributed by atoms with Crippen LogP contribution < -0.4 is 5.32 Å². The van der Waals surface area contributed by atoms with Gasteiger partial charge in [-0.2, -0.15) is 5.10 Å². The van der Waals surface area contributed by atoms with E-state index in [1.165, 1.54) is 5.56 Å². The van der Waals surface area contributed by atoms with E-state index in [0.29, 0.717) is 29.2 Å². The largest absolute Gasteiger partial charge is 0.353 e. The van der Waals surface area contributed by atoms with E-state index >= 15 is 0 Å². The first kappa shape index (κ1) is 20.3. The van der Waals surface area contributed by atoms with Crippen molar-refractivity contribution >= 4 is 18.1 Å². The summed E-state index contributed by atoms with van der Waals surface area (Å²) in [6.07, 6.45) is 0. The van der Waals surface area contributed by atoms with E-state index in [4.69, 9.17) is 12.2 Å². The molecule has 7 heteroatoms. The fourth-order valence-corrected chi connectivity index (χ4v) is 3.22. The SMILES string of the molecule is Cc1ccc(-c2n[nH]c(=S)n2CC(=O)NCCN(C(C)C)C(C)C)cc1. The summed E-state index contributed by atoms with van der Waals surface area (Å²) in [4.78, 5) is 14.7. The fraction of sp³-hybridized carbons (Fsp3) is 0.526. The lowest BCUT2D eigenvalue weighted by atomic mass is 10.1. The van der Waals surface area contributed by atoms with Gasteiger partial charge in [0, 0.05) is 30.7 Å². The molecule has 1 aromatic carbocycles. The summed E-state index contributed by atoms with van der Waals surface area (Å²) in [5.74, 6) is 0.611. The molecule has 1 heterocycles. The van der Waals surface area contributed by atoms with Gasteiger partial charge in [-0.05, 0) is 46.8 Å². The highest BCUT2D eigenvalue weighted by Gasteiger charge is 2.15. The van der Waals surface area contributed by atoms with Crippen LogP contribution in [0.1, 0.15) is 33.3 Å². The number of hydrogen-bond acceptors (Lipinski definition) is 4. The maximum absolute atomic E-state index is 12.4. The Kier molecular flexibility index (Phi) is 7.11. The van der Waals surface area contributed by atoms with Crippen molar-refractivity contribution in [1.82, 2.24) is 25.0 Å². The summed E-state index contributed by atoms with van der Waals surface area (Å²) in [5.41, 5.74) is 2.11. The molecule has 0 atom stereocenters. The van der Waals surface area contributed by atoms with Crippen LogP contribution in [0, 0.1) is 11.7 Å². The number of carbonyl (C=O) groups is 1. The monoisotopic (exact) mass is 375 g/mol. The van der Waals surface area contributed by atoms with Gasteiger partial charge in [-0.25, -0.2) is 0 Å². The predicted molar refractivity (Wildman–Crippen MR) is 108 cm³/mol. The van der Waals surface area contributed by atoms with Gasteiger partial charge < -0.3 is 5.32 Å². The number of H-pyrrole nitrogens is 1. The molecule has 26 heavy (non-hydrogen) atoms. The van der Waals surface area contributed by atoms with Crippen LogP contribution in [0.5, 0.6) is 0 Å². The molecule has 0 bridgehead atoms. The molecule has 0 saturated heterocycles. The molecular formula is C19H29N5OS. The fourth-order valence-electron chi connectivity index (χ4n) is 3.02. The second-order valence-electron chi connectivity index (χ2n) is 7.08. The Morgan fingerprint density at radius 2 is 1.85 bits per heavy atom. The molecular weight excluding hydrogens is 346 g/mol. The first-order valence-corrected chi connectivity index (χ1v) is 9.45. The van der Waals surface area contributed by atoms with Crippen molar-refractivity contribution < 1.29 is 4.79 Å². The van der Waals surface area contributed by atoms with Gasteiger partial charge in [0.25, 0.3) is 0 Å². The van der Waals surface area contributed by atoms with Gasteiger partial charge in [-0.15, -0.1) is 0 Å². The van der Waals surface area contributed by atoms with Gasteiger partial charge in [-0.1, -0.05) is 29.8 Å². The zero-order chi connectivity index (χ0) is 19.3. The Morgan fingerprint density at radius 1 is 1.23 bits per heavy atom. The molecule has 2 aromatic rings. The number of amides is 1. The number of aromatic amines is 1. The quantitative estimate of drug-likeness (QED) is 0.696. The van der Waals surface area contributed by atoms with Crippen LogP contribution in [0.3, 0.4) is 0 Å². The van der Waals surface area contributed by atoms with Crippen molar-refractivity contribution in [2.75, 3.05) is 13.1 Å². The van der Waals surface area contributed by atoms with Gasteiger partial charge in [0.15, 0.2) is 10.6 Å².